The molecule has 0 bridgehead atoms. The van der Waals surface area contributed by atoms with Crippen LogP contribution < -0.4 is 10.1 Å². The van der Waals surface area contributed by atoms with Crippen molar-refractivity contribution in [2.24, 2.45) is 0 Å². The van der Waals surface area contributed by atoms with E-state index in [4.69, 9.17) is 14.8 Å². The molecule has 144 valence electrons. The molecule has 0 radical (unpaired) electrons. The maximum absolute atomic E-state index is 9.84. The molecule has 0 spiro atoms. The molecule has 0 amide bonds. The number of rotatable bonds is 9. The third kappa shape index (κ3) is 9.20. The lowest BCUT2D eigenvalue weighted by Crippen LogP contribution is -2.35. The Balaban J connectivity index is 0.000000412. The van der Waals surface area contributed by atoms with Gasteiger partial charge in [-0.3, -0.25) is 0 Å². The van der Waals surface area contributed by atoms with Crippen LogP contribution in [0.15, 0.2) is 42.5 Å². The van der Waals surface area contributed by atoms with Gasteiger partial charge in [0.2, 0.25) is 0 Å². The lowest BCUT2D eigenvalue weighted by atomic mass is 9.84. The Bertz CT molecular complexity index is 616. The van der Waals surface area contributed by atoms with Gasteiger partial charge >= 0.3 is 7.12 Å². The second-order valence-electron chi connectivity index (χ2n) is 6.63. The maximum Gasteiger partial charge on any atom is 0.451 e. The molecule has 6 heteroatoms. The molecule has 0 aliphatic heterocycles. The highest BCUT2D eigenvalue weighted by atomic mass is 16.5. The number of unbranched alkanes of at least 4 members (excludes halogenated alkanes) is 1. The molecule has 0 aliphatic rings. The van der Waals surface area contributed by atoms with E-state index in [1.807, 2.05) is 37.3 Å². The summed E-state index contributed by atoms with van der Waals surface area (Å²) in [5, 5.41) is 31.7. The molecule has 0 heterocycles. The van der Waals surface area contributed by atoms with Gasteiger partial charge in [0.15, 0.2) is 0 Å². The highest BCUT2D eigenvalue weighted by Crippen LogP contribution is 2.25. The Kier molecular flexibility index (Phi) is 11.0. The average molecular weight is 361 g/mol. The Morgan fingerprint density at radius 1 is 1.08 bits per heavy atom. The van der Waals surface area contributed by atoms with Crippen LogP contribution in [0.1, 0.15) is 33.6 Å². The maximum atomic E-state index is 9.84. The van der Waals surface area contributed by atoms with Gasteiger partial charge in [0.25, 0.3) is 0 Å². The molecule has 2 aromatic carbocycles. The number of hydrogen-bond acceptors (Lipinski definition) is 5. The average Bonchev–Trinajstić information content (AvgIpc) is 2.63. The van der Waals surface area contributed by atoms with Gasteiger partial charge in [0.1, 0.15) is 18.5 Å². The van der Waals surface area contributed by atoms with E-state index in [1.54, 1.807) is 0 Å². The minimum absolute atomic E-state index is 0.299. The van der Waals surface area contributed by atoms with E-state index in [2.05, 4.69) is 31.3 Å². The summed E-state index contributed by atoms with van der Waals surface area (Å²) < 4.78 is 5.72. The fourth-order valence-corrected chi connectivity index (χ4v) is 2.32. The summed E-state index contributed by atoms with van der Waals surface area (Å²) in [6.45, 7) is 6.97. The summed E-state index contributed by atoms with van der Waals surface area (Å²) in [7, 11) is -1.10. The van der Waals surface area contributed by atoms with E-state index in [1.165, 1.54) is 0 Å². The second-order valence-corrected chi connectivity index (χ2v) is 6.63. The van der Waals surface area contributed by atoms with Crippen molar-refractivity contribution in [1.29, 1.82) is 0 Å². The first-order chi connectivity index (χ1) is 12.4. The summed E-state index contributed by atoms with van der Waals surface area (Å²) in [6, 6.07) is 14.4. The van der Waals surface area contributed by atoms with Gasteiger partial charge in [-0.05, 0) is 17.8 Å². The minimum atomic E-state index is -1.10. The van der Waals surface area contributed by atoms with Crippen molar-refractivity contribution in [3.8, 4) is 5.75 Å². The zero-order chi connectivity index (χ0) is 19.4. The molecule has 2 rings (SSSR count). The summed E-state index contributed by atoms with van der Waals surface area (Å²) in [4.78, 5) is 0. The van der Waals surface area contributed by atoms with Crippen LogP contribution in [-0.2, 0) is 0 Å². The predicted octanol–water partition coefficient (Wildman–Crippen LogP) is 2.84. The van der Waals surface area contributed by atoms with Gasteiger partial charge in [0.05, 0.1) is 0 Å². The van der Waals surface area contributed by atoms with Gasteiger partial charge in [-0.25, -0.2) is 0 Å². The van der Waals surface area contributed by atoms with Gasteiger partial charge in [-0.15, -0.1) is 0 Å². The van der Waals surface area contributed by atoms with Crippen molar-refractivity contribution >= 4 is 17.9 Å². The minimum Gasteiger partial charge on any atom is -0.490 e. The molecular formula is C20H32BNO4. The quantitative estimate of drug-likeness (QED) is 0.517. The fraction of sp³-hybridized carbons (Fsp3) is 0.500. The van der Waals surface area contributed by atoms with Crippen molar-refractivity contribution in [2.45, 2.75) is 52.1 Å². The van der Waals surface area contributed by atoms with E-state index in [-0.39, 0.29) is 0 Å². The highest BCUT2D eigenvalue weighted by Gasteiger charge is 2.07. The number of benzene rings is 2. The SMILES string of the molecule is CC(C)NCC(O)COc1cccc2ccccc12.CCCCB(O)O. The van der Waals surface area contributed by atoms with Gasteiger partial charge in [0, 0.05) is 18.0 Å². The molecule has 1 unspecified atom stereocenters. The molecule has 0 saturated heterocycles. The Labute approximate surface area is 157 Å². The molecule has 26 heavy (non-hydrogen) atoms. The number of ether oxygens (including phenoxy) is 1. The number of fused-ring (bicyclic) bond motifs is 1. The summed E-state index contributed by atoms with van der Waals surface area (Å²) in [5.74, 6) is 0.821. The number of aliphatic hydroxyl groups is 1. The van der Waals surface area contributed by atoms with E-state index in [9.17, 15) is 5.11 Å². The second kappa shape index (κ2) is 12.7. The third-order valence-corrected chi connectivity index (χ3v) is 3.76. The van der Waals surface area contributed by atoms with E-state index in [0.717, 1.165) is 29.4 Å². The summed E-state index contributed by atoms with van der Waals surface area (Å²) in [6.07, 6.45) is 1.94. The number of nitrogens with one attached hydrogen (secondary N) is 1. The fourth-order valence-electron chi connectivity index (χ4n) is 2.32. The number of aliphatic hydroxyl groups excluding tert-OH is 1. The monoisotopic (exact) mass is 361 g/mol. The van der Waals surface area contributed by atoms with E-state index >= 15 is 0 Å². The zero-order valence-corrected chi connectivity index (χ0v) is 16.1. The lowest BCUT2D eigenvalue weighted by Gasteiger charge is -2.15. The van der Waals surface area contributed by atoms with Crippen LogP contribution in [0.2, 0.25) is 6.32 Å². The lowest BCUT2D eigenvalue weighted by molar-refractivity contribution is 0.105. The molecular weight excluding hydrogens is 329 g/mol. The van der Waals surface area contributed by atoms with Crippen LogP contribution in [0.25, 0.3) is 10.8 Å². The van der Waals surface area contributed by atoms with Crippen LogP contribution in [-0.4, -0.2) is 47.6 Å². The van der Waals surface area contributed by atoms with Crippen molar-refractivity contribution < 1.29 is 19.9 Å². The third-order valence-electron chi connectivity index (χ3n) is 3.76. The largest absolute Gasteiger partial charge is 0.490 e. The van der Waals surface area contributed by atoms with Gasteiger partial charge in [-0.1, -0.05) is 70.0 Å². The first-order valence-electron chi connectivity index (χ1n) is 9.32. The summed E-state index contributed by atoms with van der Waals surface area (Å²) in [5.41, 5.74) is 0. The topological polar surface area (TPSA) is 82.0 Å². The van der Waals surface area contributed by atoms with Crippen molar-refractivity contribution in [3.05, 3.63) is 42.5 Å². The molecule has 0 fully saturated rings. The smallest absolute Gasteiger partial charge is 0.451 e. The highest BCUT2D eigenvalue weighted by molar-refractivity contribution is 6.40. The molecule has 2 aromatic rings. The molecule has 5 nitrogen and oxygen atoms in total. The Hall–Kier alpha value is -1.60. The number of hydrogen-bond donors (Lipinski definition) is 4. The van der Waals surface area contributed by atoms with Crippen molar-refractivity contribution in [2.75, 3.05) is 13.2 Å². The van der Waals surface area contributed by atoms with Crippen LogP contribution >= 0.6 is 0 Å². The van der Waals surface area contributed by atoms with Gasteiger partial charge < -0.3 is 25.2 Å². The molecule has 0 aliphatic carbocycles. The first-order valence-corrected chi connectivity index (χ1v) is 9.32. The Morgan fingerprint density at radius 2 is 1.77 bits per heavy atom. The van der Waals surface area contributed by atoms with Crippen LogP contribution in [0.3, 0.4) is 0 Å². The normalized spacial score (nSPS) is 11.8. The Morgan fingerprint density at radius 3 is 2.38 bits per heavy atom. The molecule has 0 saturated carbocycles. The molecule has 1 atom stereocenters. The predicted molar refractivity (Wildman–Crippen MR) is 108 cm³/mol. The van der Waals surface area contributed by atoms with Crippen LogP contribution in [0.5, 0.6) is 5.75 Å². The first kappa shape index (κ1) is 22.4. The molecule has 0 aromatic heterocycles. The zero-order valence-electron chi connectivity index (χ0n) is 16.1. The van der Waals surface area contributed by atoms with Crippen molar-refractivity contribution in [1.82, 2.24) is 5.32 Å². The van der Waals surface area contributed by atoms with Gasteiger partial charge in [-0.2, -0.15) is 0 Å². The van der Waals surface area contributed by atoms with E-state index in [0.29, 0.717) is 25.5 Å². The van der Waals surface area contributed by atoms with Crippen molar-refractivity contribution in [3.63, 3.8) is 0 Å². The van der Waals surface area contributed by atoms with E-state index < -0.39 is 13.2 Å². The van der Waals surface area contributed by atoms with Crippen LogP contribution in [0, 0.1) is 0 Å². The van der Waals surface area contributed by atoms with Crippen LogP contribution in [0.4, 0.5) is 0 Å². The standard InChI is InChI=1S/C16H21NO2.C4H11BO2/c1-12(2)17-10-14(18)11-19-16-9-5-7-13-6-3-4-8-15(13)16;1-2-3-4-5(6)7/h3-9,12,14,17-18H,10-11H2,1-2H3;6-7H,2-4H2,1H3. The molecule has 4 N–H and O–H groups in total. The summed E-state index contributed by atoms with van der Waals surface area (Å²) >= 11 is 0.